The van der Waals surface area contributed by atoms with Gasteiger partial charge in [0.25, 0.3) is 0 Å². The molecule has 0 spiro atoms. The Morgan fingerprint density at radius 3 is 0.847 bits per heavy atom. The number of benzene rings is 19. The van der Waals surface area contributed by atoms with Crippen molar-refractivity contribution >= 4 is 120 Å². The largest absolute Gasteiger partial charge is 0.309 e. The Kier molecular flexibility index (Phi) is 17.0. The van der Waals surface area contributed by atoms with Crippen molar-refractivity contribution in [2.45, 2.75) is 0 Å². The van der Waals surface area contributed by atoms with Crippen LogP contribution in [0.15, 0.2) is 437 Å². The SMILES string of the molecule is c1ccc(-c2nc(-c3ccccc3)nc(-c3ccc(-n4c5ccccc5c5cc(-c6ccc7c8ccccc8n(-c8cccc9ccccc89)c7c6)ccc54)cc3)n2)cc1.c1ccc(-n2c3ccccc3c3ccc(-c4ccc5c(c4)c4ccccc4n5-c4ccc(-c5nc(-c6ccc7ccccc7c6)nc(-c6ccc7ccccc7c6)n5)cc4)cc32)cc1. The molecule has 6 aromatic heterocycles. The maximum absolute atomic E-state index is 5.12. The van der Waals surface area contributed by atoms with E-state index in [9.17, 15) is 0 Å². The number of rotatable bonds is 12. The molecule has 0 bridgehead atoms. The van der Waals surface area contributed by atoms with Gasteiger partial charge >= 0.3 is 0 Å². The number of aromatic nitrogens is 10. The first kappa shape index (κ1) is 71.3. The van der Waals surface area contributed by atoms with Gasteiger partial charge in [0.15, 0.2) is 34.9 Å². The number of para-hydroxylation sites is 5. The van der Waals surface area contributed by atoms with Crippen LogP contribution in [0.3, 0.4) is 0 Å². The van der Waals surface area contributed by atoms with Crippen molar-refractivity contribution in [1.29, 1.82) is 0 Å². The second-order valence-corrected chi connectivity index (χ2v) is 31.7. The summed E-state index contributed by atoms with van der Waals surface area (Å²) in [5, 5.41) is 16.9. The second-order valence-electron chi connectivity index (χ2n) is 31.7. The van der Waals surface area contributed by atoms with Gasteiger partial charge in [-0.05, 0) is 189 Å². The van der Waals surface area contributed by atoms with E-state index in [1.165, 1.54) is 115 Å². The van der Waals surface area contributed by atoms with Gasteiger partial charge < -0.3 is 18.3 Å². The van der Waals surface area contributed by atoms with Gasteiger partial charge in [0.05, 0.1) is 49.8 Å². The number of nitrogens with zero attached hydrogens (tertiary/aromatic N) is 10. The molecule has 10 heteroatoms. The van der Waals surface area contributed by atoms with E-state index in [0.29, 0.717) is 34.9 Å². The molecule has 578 valence electrons. The van der Waals surface area contributed by atoms with Gasteiger partial charge in [-0.2, -0.15) is 0 Å². The molecule has 6 heterocycles. The van der Waals surface area contributed by atoms with E-state index in [1.54, 1.807) is 0 Å². The van der Waals surface area contributed by atoms with Gasteiger partial charge in [-0.25, -0.2) is 29.9 Å². The predicted octanol–water partition coefficient (Wildman–Crippen LogP) is 28.9. The van der Waals surface area contributed by atoms with Crippen LogP contribution in [-0.2, 0) is 0 Å². The number of fused-ring (bicyclic) bond motifs is 15. The fraction of sp³-hybridized carbons (Fsp3) is 0. The molecule has 0 fully saturated rings. The second kappa shape index (κ2) is 29.6. The molecule has 0 unspecified atom stereocenters. The minimum absolute atomic E-state index is 0.628. The highest BCUT2D eigenvalue weighted by Gasteiger charge is 2.23. The third kappa shape index (κ3) is 12.3. The van der Waals surface area contributed by atoms with E-state index in [0.717, 1.165) is 83.3 Å². The summed E-state index contributed by atoms with van der Waals surface area (Å²) in [6.07, 6.45) is 0. The van der Waals surface area contributed by atoms with Gasteiger partial charge in [0.1, 0.15) is 0 Å². The normalized spacial score (nSPS) is 11.7. The monoisotopic (exact) mass is 1580 g/mol. The maximum Gasteiger partial charge on any atom is 0.164 e. The lowest BCUT2D eigenvalue weighted by Gasteiger charge is -2.12. The highest BCUT2D eigenvalue weighted by Crippen LogP contribution is 2.44. The third-order valence-electron chi connectivity index (χ3n) is 24.5. The minimum Gasteiger partial charge on any atom is -0.309 e. The van der Waals surface area contributed by atoms with Gasteiger partial charge in [-0.3, -0.25) is 0 Å². The van der Waals surface area contributed by atoms with E-state index in [2.05, 4.69) is 394 Å². The van der Waals surface area contributed by atoms with Crippen LogP contribution in [0.1, 0.15) is 0 Å². The molecule has 0 amide bonds. The van der Waals surface area contributed by atoms with Crippen LogP contribution in [0.4, 0.5) is 0 Å². The Morgan fingerprint density at radius 1 is 0.129 bits per heavy atom. The van der Waals surface area contributed by atoms with Gasteiger partial charge in [-0.1, -0.05) is 297 Å². The molecular formula is C114H72N10. The van der Waals surface area contributed by atoms with Gasteiger partial charge in [-0.15, -0.1) is 0 Å². The molecule has 0 radical (unpaired) electrons. The van der Waals surface area contributed by atoms with Crippen LogP contribution in [0.2, 0.25) is 0 Å². The number of hydrogen-bond acceptors (Lipinski definition) is 6. The Labute approximate surface area is 713 Å². The van der Waals surface area contributed by atoms with Crippen molar-refractivity contribution in [2.24, 2.45) is 0 Å². The highest BCUT2D eigenvalue weighted by atomic mass is 15.1. The summed E-state index contributed by atoms with van der Waals surface area (Å²) in [6, 6.07) is 155. The summed E-state index contributed by atoms with van der Waals surface area (Å²) in [7, 11) is 0. The first-order valence-corrected chi connectivity index (χ1v) is 42.0. The fourth-order valence-corrected chi connectivity index (χ4v) is 18.6. The van der Waals surface area contributed by atoms with Crippen molar-refractivity contribution in [3.63, 3.8) is 0 Å². The molecule has 124 heavy (non-hydrogen) atoms. The Bertz CT molecular complexity index is 8380. The third-order valence-corrected chi connectivity index (χ3v) is 24.5. The molecule has 25 aromatic rings. The molecule has 0 saturated carbocycles. The maximum atomic E-state index is 5.12. The number of hydrogen-bond donors (Lipinski definition) is 0. The molecule has 10 nitrogen and oxygen atoms in total. The van der Waals surface area contributed by atoms with Crippen molar-refractivity contribution < 1.29 is 0 Å². The average molecular weight is 1580 g/mol. The summed E-state index contributed by atoms with van der Waals surface area (Å²) in [4.78, 5) is 30.1. The van der Waals surface area contributed by atoms with Crippen molar-refractivity contribution in [3.05, 3.63) is 437 Å². The molecule has 0 atom stereocenters. The smallest absolute Gasteiger partial charge is 0.164 e. The molecule has 19 aromatic carbocycles. The van der Waals surface area contributed by atoms with Gasteiger partial charge in [0, 0.05) is 98.9 Å². The average Bonchev–Trinajstić information content (AvgIpc) is 1.58. The van der Waals surface area contributed by atoms with E-state index < -0.39 is 0 Å². The Hall–Kier alpha value is -16.8. The van der Waals surface area contributed by atoms with E-state index in [-0.39, 0.29) is 0 Å². The molecule has 0 N–H and O–H groups in total. The van der Waals surface area contributed by atoms with Crippen molar-refractivity contribution in [1.82, 2.24) is 48.2 Å². The highest BCUT2D eigenvalue weighted by molar-refractivity contribution is 6.15. The standard InChI is InChI=1S/C59H37N5.C55H35N5/c1-2-16-47(17-3-1)64-53-20-10-8-18-49(53)51-32-28-44(37-56(51)64)43-29-33-55-52(36-43)50-19-9-11-21-54(50)63(55)48-30-26-40(27-31-48)57-60-58(45-24-22-38-12-4-6-14-41(38)34-45)62-59(61-57)46-25-23-39-13-5-7-15-42(39)35-46;1-3-15-37(16-4-1)53-56-54(38-17-5-2-6-18-38)58-55(57-53)39-26-30-42(31-27-39)59-49-23-11-10-22-45(49)47-34-40(29-33-51(47)59)41-28-32-46-44-21-9-12-24-50(44)60(52(46)35-41)48-25-13-19-36-14-7-8-20-43(36)48/h1-37H;1-35H. The van der Waals surface area contributed by atoms with Gasteiger partial charge in [0.2, 0.25) is 0 Å². The predicted molar refractivity (Wildman–Crippen MR) is 513 cm³/mol. The zero-order valence-electron chi connectivity index (χ0n) is 67.0. The van der Waals surface area contributed by atoms with Crippen LogP contribution < -0.4 is 0 Å². The fourth-order valence-electron chi connectivity index (χ4n) is 18.6. The Morgan fingerprint density at radius 2 is 0.403 bits per heavy atom. The van der Waals surface area contributed by atoms with E-state index >= 15 is 0 Å². The van der Waals surface area contributed by atoms with Crippen molar-refractivity contribution in [3.8, 4) is 113 Å². The first-order valence-electron chi connectivity index (χ1n) is 42.0. The minimum atomic E-state index is 0.628. The van der Waals surface area contributed by atoms with E-state index in [4.69, 9.17) is 29.9 Å². The lowest BCUT2D eigenvalue weighted by molar-refractivity contribution is 1.07. The zero-order valence-corrected chi connectivity index (χ0v) is 67.0. The van der Waals surface area contributed by atoms with Crippen LogP contribution in [0, 0.1) is 0 Å². The molecule has 0 aliphatic heterocycles. The van der Waals surface area contributed by atoms with Crippen molar-refractivity contribution in [2.75, 3.05) is 0 Å². The first-order chi connectivity index (χ1) is 61.4. The van der Waals surface area contributed by atoms with Crippen LogP contribution in [0.25, 0.3) is 233 Å². The topological polar surface area (TPSA) is 97.1 Å². The van der Waals surface area contributed by atoms with Crippen LogP contribution >= 0.6 is 0 Å². The summed E-state index contributed by atoms with van der Waals surface area (Å²) in [5.74, 6) is 3.84. The summed E-state index contributed by atoms with van der Waals surface area (Å²) >= 11 is 0. The molecular weight excluding hydrogens is 1510 g/mol. The lowest BCUT2D eigenvalue weighted by atomic mass is 10.0. The Balaban J connectivity index is 0.000000140. The summed E-state index contributed by atoms with van der Waals surface area (Å²) in [5.41, 5.74) is 24.2. The zero-order chi connectivity index (χ0) is 81.7. The summed E-state index contributed by atoms with van der Waals surface area (Å²) < 4.78 is 9.54. The lowest BCUT2D eigenvalue weighted by Crippen LogP contribution is -2.01. The molecule has 0 saturated heterocycles. The van der Waals surface area contributed by atoms with Crippen LogP contribution in [-0.4, -0.2) is 48.2 Å². The molecule has 25 rings (SSSR count). The summed E-state index contributed by atoms with van der Waals surface area (Å²) in [6.45, 7) is 0. The molecule has 0 aliphatic carbocycles. The van der Waals surface area contributed by atoms with Crippen LogP contribution in [0.5, 0.6) is 0 Å². The van der Waals surface area contributed by atoms with E-state index in [1.807, 2.05) is 60.7 Å². The quantitative estimate of drug-likeness (QED) is 0.121. The molecule has 0 aliphatic rings.